The van der Waals surface area contributed by atoms with E-state index in [4.69, 9.17) is 10.0 Å². The number of hydrogen-bond acceptors (Lipinski definition) is 0. The first-order valence-corrected chi connectivity index (χ1v) is 7.67. The van der Waals surface area contributed by atoms with Crippen molar-refractivity contribution in [3.63, 3.8) is 0 Å². The zero-order chi connectivity index (χ0) is 8.81. The van der Waals surface area contributed by atoms with Crippen molar-refractivity contribution in [1.82, 2.24) is 0 Å². The zero-order valence-electron chi connectivity index (χ0n) is 7.46. The molecule has 0 saturated heterocycles. The minimum Gasteiger partial charge on any atom is -0.253 e. The first-order chi connectivity index (χ1) is 5.84. The molecule has 0 aliphatic rings. The van der Waals surface area contributed by atoms with Crippen LogP contribution >= 0.6 is 10.0 Å². The van der Waals surface area contributed by atoms with Crippen molar-refractivity contribution < 1.29 is 0 Å². The van der Waals surface area contributed by atoms with Crippen LogP contribution in [0.2, 0.25) is 5.28 Å². The third kappa shape index (κ3) is 3.19. The van der Waals surface area contributed by atoms with E-state index in [1.165, 1.54) is 22.5 Å². The van der Waals surface area contributed by atoms with Gasteiger partial charge in [0.2, 0.25) is 0 Å². The fourth-order valence-electron chi connectivity index (χ4n) is 1.21. The lowest BCUT2D eigenvalue weighted by molar-refractivity contribution is 0.879. The fourth-order valence-corrected chi connectivity index (χ4v) is 3.85. The molecule has 0 heterocycles. The summed E-state index contributed by atoms with van der Waals surface area (Å²) < 4.78 is 1.38. The number of halogens is 1. The molecule has 1 rings (SSSR count). The summed E-state index contributed by atoms with van der Waals surface area (Å²) in [5, 5.41) is 1.22. The fraction of sp³-hybridized carbons (Fsp3) is 0.400. The quantitative estimate of drug-likeness (QED) is 0.650. The van der Waals surface area contributed by atoms with E-state index in [-0.39, 0.29) is 0 Å². The molecule has 64 valence electrons. The SMILES string of the molecule is CCC[CH2][Al]([Cl])[c]1ccccc1. The third-order valence-electron chi connectivity index (χ3n) is 1.97. The van der Waals surface area contributed by atoms with Gasteiger partial charge in [-0.3, -0.25) is 10.0 Å². The Morgan fingerprint density at radius 1 is 1.25 bits per heavy atom. The van der Waals surface area contributed by atoms with Crippen LogP contribution in [0, 0.1) is 0 Å². The molecule has 1 aromatic rings. The van der Waals surface area contributed by atoms with Crippen molar-refractivity contribution in [2.45, 2.75) is 25.0 Å². The van der Waals surface area contributed by atoms with Gasteiger partial charge >= 0.3 is 13.2 Å². The molecule has 0 bridgehead atoms. The second-order valence-corrected chi connectivity index (χ2v) is 6.78. The van der Waals surface area contributed by atoms with Gasteiger partial charge in [-0.1, -0.05) is 59.8 Å². The second kappa shape index (κ2) is 5.65. The molecular formula is C10H14AlCl. The van der Waals surface area contributed by atoms with Crippen LogP contribution in [0.25, 0.3) is 0 Å². The maximum Gasteiger partial charge on any atom is 0.437 e. The van der Waals surface area contributed by atoms with E-state index in [2.05, 4.69) is 31.2 Å². The Kier molecular flexibility index (Phi) is 4.77. The van der Waals surface area contributed by atoms with Crippen LogP contribution in [-0.2, 0) is 0 Å². The van der Waals surface area contributed by atoms with Crippen molar-refractivity contribution >= 4 is 27.7 Å². The first kappa shape index (κ1) is 10.1. The normalized spacial score (nSPS) is 9.83. The summed E-state index contributed by atoms with van der Waals surface area (Å²) in [7, 11) is 6.32. The molecule has 0 unspecified atom stereocenters. The molecule has 1 aromatic carbocycles. The Balaban J connectivity index is 2.48. The summed E-state index contributed by atoms with van der Waals surface area (Å²) in [5.41, 5.74) is 0. The predicted molar refractivity (Wildman–Crippen MR) is 57.4 cm³/mol. The Bertz CT molecular complexity index is 210. The Hall–Kier alpha value is 0.0425. The van der Waals surface area contributed by atoms with Gasteiger partial charge in [0.15, 0.2) is 0 Å². The lowest BCUT2D eigenvalue weighted by Gasteiger charge is -2.02. The molecule has 0 atom stereocenters. The summed E-state index contributed by atoms with van der Waals surface area (Å²) in [6.45, 7) is 2.21. The first-order valence-electron chi connectivity index (χ1n) is 4.53. The second-order valence-electron chi connectivity index (χ2n) is 3.02. The Morgan fingerprint density at radius 2 is 1.92 bits per heavy atom. The van der Waals surface area contributed by atoms with Crippen molar-refractivity contribution in [2.24, 2.45) is 0 Å². The van der Waals surface area contributed by atoms with Crippen LogP contribution in [-0.4, -0.2) is 13.2 Å². The Morgan fingerprint density at radius 3 is 2.50 bits per heavy atom. The highest BCUT2D eigenvalue weighted by molar-refractivity contribution is 7.14. The van der Waals surface area contributed by atoms with E-state index < -0.39 is 13.2 Å². The van der Waals surface area contributed by atoms with Crippen LogP contribution in [0.15, 0.2) is 30.3 Å². The maximum atomic E-state index is 6.32. The van der Waals surface area contributed by atoms with E-state index in [0.29, 0.717) is 0 Å². The average Bonchev–Trinajstić information content (AvgIpc) is 2.15. The summed E-state index contributed by atoms with van der Waals surface area (Å²) in [4.78, 5) is 0. The van der Waals surface area contributed by atoms with Crippen molar-refractivity contribution in [3.8, 4) is 0 Å². The minimum absolute atomic E-state index is 1.11. The minimum atomic E-state index is -1.11. The van der Waals surface area contributed by atoms with Gasteiger partial charge in [-0.05, 0) is 0 Å². The number of unbranched alkanes of at least 4 members (excludes halogenated alkanes) is 1. The lowest BCUT2D eigenvalue weighted by atomic mass is 10.4. The highest BCUT2D eigenvalue weighted by Crippen LogP contribution is 2.04. The van der Waals surface area contributed by atoms with Gasteiger partial charge in [0.05, 0.1) is 0 Å². The molecule has 0 amide bonds. The molecule has 0 spiro atoms. The average molecular weight is 197 g/mol. The van der Waals surface area contributed by atoms with Crippen LogP contribution in [0.4, 0.5) is 0 Å². The van der Waals surface area contributed by atoms with Gasteiger partial charge in [0.1, 0.15) is 0 Å². The molecule has 0 nitrogen and oxygen atoms in total. The van der Waals surface area contributed by atoms with Gasteiger partial charge in [-0.15, -0.1) is 0 Å². The van der Waals surface area contributed by atoms with Gasteiger partial charge in [0.25, 0.3) is 0 Å². The van der Waals surface area contributed by atoms with E-state index >= 15 is 0 Å². The van der Waals surface area contributed by atoms with Crippen LogP contribution < -0.4 is 4.43 Å². The summed E-state index contributed by atoms with van der Waals surface area (Å²) in [6, 6.07) is 10.5. The molecule has 0 N–H and O–H groups in total. The van der Waals surface area contributed by atoms with Crippen LogP contribution in [0.1, 0.15) is 19.8 Å². The number of hydrogen-bond donors (Lipinski definition) is 0. The molecule has 0 aromatic heterocycles. The monoisotopic (exact) mass is 196 g/mol. The van der Waals surface area contributed by atoms with Crippen molar-refractivity contribution in [3.05, 3.63) is 30.3 Å². The molecule has 0 fully saturated rings. The molecule has 12 heavy (non-hydrogen) atoms. The molecule has 0 aliphatic heterocycles. The predicted octanol–water partition coefficient (Wildman–Crippen LogP) is 2.92. The van der Waals surface area contributed by atoms with Crippen LogP contribution in [0.5, 0.6) is 0 Å². The number of benzene rings is 1. The molecule has 0 aliphatic carbocycles. The largest absolute Gasteiger partial charge is 0.437 e. The van der Waals surface area contributed by atoms with Gasteiger partial charge in [-0.25, -0.2) is 0 Å². The summed E-state index contributed by atoms with van der Waals surface area (Å²) >= 11 is -1.11. The number of rotatable bonds is 4. The third-order valence-corrected chi connectivity index (χ3v) is 5.41. The summed E-state index contributed by atoms with van der Waals surface area (Å²) in [6.07, 6.45) is 2.53. The van der Waals surface area contributed by atoms with Gasteiger partial charge < -0.3 is 0 Å². The summed E-state index contributed by atoms with van der Waals surface area (Å²) in [5.74, 6) is 0. The highest BCUT2D eigenvalue weighted by atomic mass is 35.6. The molecular weight excluding hydrogens is 183 g/mol. The van der Waals surface area contributed by atoms with E-state index in [0.717, 1.165) is 0 Å². The molecule has 0 radical (unpaired) electrons. The van der Waals surface area contributed by atoms with E-state index in [1.54, 1.807) is 0 Å². The highest BCUT2D eigenvalue weighted by Gasteiger charge is 2.15. The van der Waals surface area contributed by atoms with Crippen molar-refractivity contribution in [1.29, 1.82) is 0 Å². The topological polar surface area (TPSA) is 0 Å². The van der Waals surface area contributed by atoms with Crippen LogP contribution in [0.3, 0.4) is 0 Å². The zero-order valence-corrected chi connectivity index (χ0v) is 9.37. The van der Waals surface area contributed by atoms with E-state index in [9.17, 15) is 0 Å². The van der Waals surface area contributed by atoms with Gasteiger partial charge in [-0.2, -0.15) is 0 Å². The van der Waals surface area contributed by atoms with Crippen molar-refractivity contribution in [2.75, 3.05) is 0 Å². The smallest absolute Gasteiger partial charge is 0.253 e. The Labute approximate surface area is 83.2 Å². The maximum absolute atomic E-state index is 6.32. The lowest BCUT2D eigenvalue weighted by Crippen LogP contribution is -2.23. The standard InChI is InChI=1S/C6H5.C4H9.Al.ClH/c1-2-4-6-5-3-1;1-3-4-2;;/h1-5H;1,3-4H2,2H3;;1H/q;;+1;/p-1. The molecule has 2 heteroatoms. The molecule has 0 saturated carbocycles. The van der Waals surface area contributed by atoms with E-state index in [1.807, 2.05) is 6.07 Å². The van der Waals surface area contributed by atoms with Gasteiger partial charge in [0, 0.05) is 0 Å².